The molecule has 0 bridgehead atoms. The fourth-order valence-electron chi connectivity index (χ4n) is 2.53. The number of ether oxygens (including phenoxy) is 2. The standard InChI is InChI=1S/C18H18N4O4S2/c1-3-14-21-22-18(28-14)15-16(24)12(27-17(15)20)7-9-4-5-10(11(6-9)25-2)26-8-13(19)23/h4-7,15,20H,3,8H2,1-2H3,(H2,19,23)/b12-7-,20-17?/t15-/m0/s1. The van der Waals surface area contributed by atoms with Crippen molar-refractivity contribution >= 4 is 45.9 Å². The first-order chi connectivity index (χ1) is 13.4. The van der Waals surface area contributed by atoms with Gasteiger partial charge in [-0.1, -0.05) is 24.8 Å². The summed E-state index contributed by atoms with van der Waals surface area (Å²) in [5.41, 5.74) is 5.79. The van der Waals surface area contributed by atoms with Gasteiger partial charge >= 0.3 is 0 Å². The van der Waals surface area contributed by atoms with E-state index in [1.807, 2.05) is 6.92 Å². The molecule has 146 valence electrons. The molecule has 1 atom stereocenters. The minimum Gasteiger partial charge on any atom is -0.493 e. The van der Waals surface area contributed by atoms with Gasteiger partial charge in [0.05, 0.1) is 17.1 Å². The highest BCUT2D eigenvalue weighted by atomic mass is 32.2. The number of primary amides is 1. The number of Topliss-reactive ketones (excluding diaryl/α,β-unsaturated/α-hetero) is 1. The van der Waals surface area contributed by atoms with Gasteiger partial charge in [0.15, 0.2) is 23.9 Å². The molecule has 28 heavy (non-hydrogen) atoms. The summed E-state index contributed by atoms with van der Waals surface area (Å²) in [6.07, 6.45) is 2.44. The normalized spacial score (nSPS) is 17.9. The van der Waals surface area contributed by atoms with Crippen LogP contribution in [0.1, 0.15) is 28.4 Å². The lowest BCUT2D eigenvalue weighted by molar-refractivity contribution is -0.120. The molecule has 1 aliphatic heterocycles. The Morgan fingerprint density at radius 1 is 1.36 bits per heavy atom. The van der Waals surface area contributed by atoms with Gasteiger partial charge in [-0.15, -0.1) is 21.5 Å². The molecule has 1 fully saturated rings. The Morgan fingerprint density at radius 2 is 2.14 bits per heavy atom. The number of carbonyl (C=O) groups is 2. The average Bonchev–Trinajstić information content (AvgIpc) is 3.24. The summed E-state index contributed by atoms with van der Waals surface area (Å²) in [7, 11) is 1.48. The summed E-state index contributed by atoms with van der Waals surface area (Å²) in [5.74, 6) is -0.653. The van der Waals surface area contributed by atoms with Crippen molar-refractivity contribution in [3.8, 4) is 11.5 Å². The molecule has 10 heteroatoms. The number of amides is 1. The van der Waals surface area contributed by atoms with Crippen LogP contribution in [0.3, 0.4) is 0 Å². The van der Waals surface area contributed by atoms with Crippen LogP contribution in [0.15, 0.2) is 23.1 Å². The quantitative estimate of drug-likeness (QED) is 0.661. The monoisotopic (exact) mass is 418 g/mol. The van der Waals surface area contributed by atoms with Gasteiger partial charge in [-0.2, -0.15) is 0 Å². The first-order valence-electron chi connectivity index (χ1n) is 8.36. The van der Waals surface area contributed by atoms with Gasteiger partial charge in [-0.25, -0.2) is 0 Å². The van der Waals surface area contributed by atoms with E-state index < -0.39 is 11.8 Å². The zero-order valence-corrected chi connectivity index (χ0v) is 16.9. The smallest absolute Gasteiger partial charge is 0.255 e. The Labute approximate surface area is 169 Å². The van der Waals surface area contributed by atoms with Crippen LogP contribution in [0.5, 0.6) is 11.5 Å². The molecule has 8 nitrogen and oxygen atoms in total. The summed E-state index contributed by atoms with van der Waals surface area (Å²) in [5, 5.41) is 18.0. The number of nitrogens with zero attached hydrogens (tertiary/aromatic N) is 2. The number of rotatable bonds is 7. The van der Waals surface area contributed by atoms with E-state index in [1.165, 1.54) is 18.4 Å². The summed E-state index contributed by atoms with van der Waals surface area (Å²) < 4.78 is 10.6. The van der Waals surface area contributed by atoms with E-state index in [4.69, 9.17) is 20.6 Å². The van der Waals surface area contributed by atoms with Crippen molar-refractivity contribution in [2.24, 2.45) is 5.73 Å². The molecule has 0 aliphatic carbocycles. The summed E-state index contributed by atoms with van der Waals surface area (Å²) in [6.45, 7) is 1.71. The second-order valence-electron chi connectivity index (χ2n) is 5.83. The van der Waals surface area contributed by atoms with Crippen molar-refractivity contribution in [1.82, 2.24) is 10.2 Å². The lowest BCUT2D eigenvalue weighted by atomic mass is 10.1. The van der Waals surface area contributed by atoms with Crippen LogP contribution in [0.2, 0.25) is 0 Å². The number of methoxy groups -OCH3 is 1. The van der Waals surface area contributed by atoms with Gasteiger partial charge in [0.25, 0.3) is 5.91 Å². The summed E-state index contributed by atoms with van der Waals surface area (Å²) >= 11 is 2.48. The largest absolute Gasteiger partial charge is 0.493 e. The number of allylic oxidation sites excluding steroid dienone is 1. The van der Waals surface area contributed by atoms with Crippen molar-refractivity contribution in [3.05, 3.63) is 38.7 Å². The number of nitrogens with one attached hydrogen (secondary N) is 1. The number of benzene rings is 1. The number of aromatic nitrogens is 2. The third-order valence-electron chi connectivity index (χ3n) is 3.87. The van der Waals surface area contributed by atoms with E-state index in [1.54, 1.807) is 24.3 Å². The van der Waals surface area contributed by atoms with Crippen molar-refractivity contribution in [3.63, 3.8) is 0 Å². The van der Waals surface area contributed by atoms with E-state index in [0.29, 0.717) is 27.0 Å². The predicted molar refractivity (Wildman–Crippen MR) is 108 cm³/mol. The van der Waals surface area contributed by atoms with E-state index in [-0.39, 0.29) is 17.4 Å². The molecule has 3 rings (SSSR count). The van der Waals surface area contributed by atoms with Crippen LogP contribution < -0.4 is 15.2 Å². The third-order valence-corrected chi connectivity index (χ3v) is 6.00. The van der Waals surface area contributed by atoms with E-state index >= 15 is 0 Å². The Balaban J connectivity index is 1.84. The lowest BCUT2D eigenvalue weighted by Gasteiger charge is -2.10. The molecule has 1 aliphatic rings. The first kappa shape index (κ1) is 20.0. The minimum absolute atomic E-state index is 0.165. The van der Waals surface area contributed by atoms with Gasteiger partial charge < -0.3 is 15.2 Å². The number of hydrogen-bond donors (Lipinski definition) is 2. The number of aryl methyl sites for hydroxylation is 1. The number of hydrogen-bond acceptors (Lipinski definition) is 9. The molecule has 1 aromatic heterocycles. The van der Waals surface area contributed by atoms with Gasteiger partial charge in [0, 0.05) is 0 Å². The van der Waals surface area contributed by atoms with Crippen LogP contribution in [-0.4, -0.2) is 40.6 Å². The molecule has 0 unspecified atom stereocenters. The second-order valence-corrected chi connectivity index (χ2v) is 8.00. The Morgan fingerprint density at radius 3 is 2.79 bits per heavy atom. The fourth-order valence-corrected chi connectivity index (χ4v) is 4.49. The van der Waals surface area contributed by atoms with Gasteiger partial charge in [-0.05, 0) is 30.2 Å². The van der Waals surface area contributed by atoms with Crippen LogP contribution in [-0.2, 0) is 16.0 Å². The summed E-state index contributed by atoms with van der Waals surface area (Å²) in [6, 6.07) is 5.06. The Kier molecular flexibility index (Phi) is 6.10. The first-order valence-corrected chi connectivity index (χ1v) is 9.99. The number of nitrogens with two attached hydrogens (primary N) is 1. The van der Waals surface area contributed by atoms with Crippen LogP contribution in [0.4, 0.5) is 0 Å². The van der Waals surface area contributed by atoms with Crippen LogP contribution in [0, 0.1) is 5.41 Å². The highest BCUT2D eigenvalue weighted by molar-refractivity contribution is 8.19. The maximum absolute atomic E-state index is 12.8. The Hall–Kier alpha value is -2.72. The maximum Gasteiger partial charge on any atom is 0.255 e. The van der Waals surface area contributed by atoms with Gasteiger partial charge in [-0.3, -0.25) is 15.0 Å². The maximum atomic E-state index is 12.8. The predicted octanol–water partition coefficient (Wildman–Crippen LogP) is 2.39. The molecule has 1 amide bonds. The number of carbonyl (C=O) groups excluding carboxylic acids is 2. The molecule has 0 radical (unpaired) electrons. The molecule has 1 aromatic carbocycles. The van der Waals surface area contributed by atoms with Crippen LogP contribution >= 0.6 is 23.1 Å². The fraction of sp³-hybridized carbons (Fsp3) is 0.278. The van der Waals surface area contributed by atoms with Crippen LogP contribution in [0.25, 0.3) is 6.08 Å². The van der Waals surface area contributed by atoms with E-state index in [9.17, 15) is 9.59 Å². The number of thioether (sulfide) groups is 1. The summed E-state index contributed by atoms with van der Waals surface area (Å²) in [4.78, 5) is 24.2. The zero-order chi connectivity index (χ0) is 20.3. The SMILES string of the molecule is CCc1nnc([C@@H]2C(=N)S/C(=C\c3ccc(OCC(N)=O)c(OC)c3)C2=O)s1. The highest BCUT2D eigenvalue weighted by Gasteiger charge is 2.39. The molecule has 2 aromatic rings. The topological polar surface area (TPSA) is 128 Å². The molecule has 3 N–H and O–H groups in total. The van der Waals surface area contributed by atoms with Crippen molar-refractivity contribution in [2.45, 2.75) is 19.3 Å². The minimum atomic E-state index is -0.686. The molecule has 0 saturated carbocycles. The van der Waals surface area contributed by atoms with E-state index in [2.05, 4.69) is 10.2 Å². The highest BCUT2D eigenvalue weighted by Crippen LogP contribution is 2.42. The van der Waals surface area contributed by atoms with Crippen molar-refractivity contribution < 1.29 is 19.1 Å². The zero-order valence-electron chi connectivity index (χ0n) is 15.2. The van der Waals surface area contributed by atoms with Crippen molar-refractivity contribution in [2.75, 3.05) is 13.7 Å². The van der Waals surface area contributed by atoms with E-state index in [0.717, 1.165) is 23.2 Å². The molecular formula is C18H18N4O4S2. The number of ketones is 1. The lowest BCUT2D eigenvalue weighted by Crippen LogP contribution is -2.20. The molecule has 0 spiro atoms. The average molecular weight is 419 g/mol. The van der Waals surface area contributed by atoms with Gasteiger partial charge in [0.2, 0.25) is 0 Å². The van der Waals surface area contributed by atoms with Gasteiger partial charge in [0.1, 0.15) is 15.9 Å². The Bertz CT molecular complexity index is 970. The second kappa shape index (κ2) is 8.53. The molecular weight excluding hydrogens is 400 g/mol. The molecule has 2 heterocycles. The third kappa shape index (κ3) is 4.23. The molecule has 1 saturated heterocycles. The van der Waals surface area contributed by atoms with Crippen molar-refractivity contribution in [1.29, 1.82) is 5.41 Å².